The van der Waals surface area contributed by atoms with Gasteiger partial charge in [0.1, 0.15) is 5.75 Å². The molecule has 1 fully saturated rings. The van der Waals surface area contributed by atoms with Gasteiger partial charge >= 0.3 is 0 Å². The zero-order valence-corrected chi connectivity index (χ0v) is 15.9. The van der Waals surface area contributed by atoms with Crippen LogP contribution in [0, 0.1) is 26.7 Å². The van der Waals surface area contributed by atoms with E-state index in [1.165, 1.54) is 0 Å². The number of aromatic nitrogens is 2. The van der Waals surface area contributed by atoms with Gasteiger partial charge in [-0.3, -0.25) is 4.79 Å². The van der Waals surface area contributed by atoms with Gasteiger partial charge in [-0.05, 0) is 57.4 Å². The van der Waals surface area contributed by atoms with Gasteiger partial charge in [0.2, 0.25) is 11.9 Å². The highest BCUT2D eigenvalue weighted by Gasteiger charge is 2.27. The number of anilines is 2. The third kappa shape index (κ3) is 4.12. The third-order valence-corrected chi connectivity index (χ3v) is 4.73. The van der Waals surface area contributed by atoms with Crippen molar-refractivity contribution in [1.29, 1.82) is 0 Å². The Hall–Kier alpha value is -2.63. The number of carbonyl (C=O) groups excluding carboxylic acids is 1. The molecule has 6 heteroatoms. The first kappa shape index (κ1) is 18.2. The number of ether oxygens (including phenoxy) is 1. The van der Waals surface area contributed by atoms with Crippen molar-refractivity contribution in [3.63, 3.8) is 0 Å². The van der Waals surface area contributed by atoms with Crippen molar-refractivity contribution in [2.24, 2.45) is 5.92 Å². The number of hydrogen-bond donors (Lipinski definition) is 1. The largest absolute Gasteiger partial charge is 0.495 e. The van der Waals surface area contributed by atoms with E-state index in [4.69, 9.17) is 4.74 Å². The van der Waals surface area contributed by atoms with E-state index >= 15 is 0 Å². The summed E-state index contributed by atoms with van der Waals surface area (Å²) in [6, 6.07) is 7.76. The normalized spacial score (nSPS) is 15.0. The van der Waals surface area contributed by atoms with Gasteiger partial charge in [0.15, 0.2) is 0 Å². The van der Waals surface area contributed by atoms with Crippen LogP contribution >= 0.6 is 0 Å². The quantitative estimate of drug-likeness (QED) is 0.913. The smallest absolute Gasteiger partial charge is 0.227 e. The second-order valence-corrected chi connectivity index (χ2v) is 6.91. The molecular weight excluding hydrogens is 328 g/mol. The number of nitrogens with zero attached hydrogens (tertiary/aromatic N) is 3. The molecule has 1 N–H and O–H groups in total. The van der Waals surface area contributed by atoms with Gasteiger partial charge in [-0.1, -0.05) is 6.07 Å². The van der Waals surface area contributed by atoms with Crippen molar-refractivity contribution in [2.75, 3.05) is 30.4 Å². The standard InChI is InChI=1S/C20H26N4O2/c1-13-5-6-18(26-4)17(11-13)23-19(25)16-7-9-24(10-8-16)20-21-14(2)12-15(3)22-20/h5-6,11-12,16H,7-10H2,1-4H3,(H,23,25). The molecule has 2 aromatic rings. The van der Waals surface area contributed by atoms with Gasteiger partial charge < -0.3 is 15.0 Å². The number of rotatable bonds is 4. The van der Waals surface area contributed by atoms with Crippen molar-refractivity contribution in [2.45, 2.75) is 33.6 Å². The Bertz CT molecular complexity index is 778. The summed E-state index contributed by atoms with van der Waals surface area (Å²) in [6.45, 7) is 7.52. The molecular formula is C20H26N4O2. The van der Waals surface area contributed by atoms with Crippen LogP contribution in [0.3, 0.4) is 0 Å². The average molecular weight is 354 g/mol. The molecule has 0 unspecified atom stereocenters. The predicted molar refractivity (Wildman–Crippen MR) is 103 cm³/mol. The lowest BCUT2D eigenvalue weighted by atomic mass is 9.96. The van der Waals surface area contributed by atoms with Crippen molar-refractivity contribution >= 4 is 17.5 Å². The summed E-state index contributed by atoms with van der Waals surface area (Å²) in [7, 11) is 1.61. The van der Waals surface area contributed by atoms with Crippen LogP contribution in [0.4, 0.5) is 11.6 Å². The highest BCUT2D eigenvalue weighted by molar-refractivity contribution is 5.94. The van der Waals surface area contributed by atoms with Gasteiger partial charge in [0, 0.05) is 30.4 Å². The number of carbonyl (C=O) groups is 1. The van der Waals surface area contributed by atoms with Crippen LogP contribution < -0.4 is 15.0 Å². The molecule has 1 aliphatic heterocycles. The Morgan fingerprint density at radius 1 is 1.12 bits per heavy atom. The molecule has 6 nitrogen and oxygen atoms in total. The van der Waals surface area contributed by atoms with Gasteiger partial charge in [-0.2, -0.15) is 0 Å². The molecule has 0 spiro atoms. The van der Waals surface area contributed by atoms with Crippen LogP contribution in [-0.4, -0.2) is 36.1 Å². The van der Waals surface area contributed by atoms with Gasteiger partial charge in [-0.25, -0.2) is 9.97 Å². The predicted octanol–water partition coefficient (Wildman–Crippen LogP) is 3.27. The van der Waals surface area contributed by atoms with E-state index in [9.17, 15) is 4.79 Å². The number of methoxy groups -OCH3 is 1. The molecule has 0 radical (unpaired) electrons. The topological polar surface area (TPSA) is 67.3 Å². The lowest BCUT2D eigenvalue weighted by molar-refractivity contribution is -0.120. The number of hydrogen-bond acceptors (Lipinski definition) is 5. The van der Waals surface area contributed by atoms with Crippen LogP contribution in [0.2, 0.25) is 0 Å². The summed E-state index contributed by atoms with van der Waals surface area (Å²) in [4.78, 5) is 23.9. The first-order valence-corrected chi connectivity index (χ1v) is 8.99. The van der Waals surface area contributed by atoms with Crippen LogP contribution in [0.1, 0.15) is 29.8 Å². The van der Waals surface area contributed by atoms with E-state index < -0.39 is 0 Å². The van der Waals surface area contributed by atoms with Crippen LogP contribution in [0.25, 0.3) is 0 Å². The van der Waals surface area contributed by atoms with Crippen molar-refractivity contribution < 1.29 is 9.53 Å². The minimum Gasteiger partial charge on any atom is -0.495 e. The van der Waals surface area contributed by atoms with Crippen molar-refractivity contribution in [3.8, 4) is 5.75 Å². The maximum atomic E-state index is 12.7. The molecule has 0 aliphatic carbocycles. The summed E-state index contributed by atoms with van der Waals surface area (Å²) in [5.74, 6) is 1.49. The Morgan fingerprint density at radius 2 is 1.77 bits per heavy atom. The van der Waals surface area contributed by atoms with E-state index in [-0.39, 0.29) is 11.8 Å². The van der Waals surface area contributed by atoms with Crippen molar-refractivity contribution in [1.82, 2.24) is 9.97 Å². The Kier molecular flexibility index (Phi) is 5.40. The molecule has 2 heterocycles. The minimum atomic E-state index is -0.0117. The Balaban J connectivity index is 1.63. The zero-order chi connectivity index (χ0) is 18.7. The van der Waals surface area contributed by atoms with Crippen LogP contribution in [0.5, 0.6) is 5.75 Å². The highest BCUT2D eigenvalue weighted by Crippen LogP contribution is 2.28. The van der Waals surface area contributed by atoms with Crippen molar-refractivity contribution in [3.05, 3.63) is 41.2 Å². The number of nitrogens with one attached hydrogen (secondary N) is 1. The minimum absolute atomic E-state index is 0.0117. The molecule has 1 aromatic heterocycles. The van der Waals surface area contributed by atoms with Crippen LogP contribution in [0.15, 0.2) is 24.3 Å². The fourth-order valence-corrected chi connectivity index (χ4v) is 3.34. The summed E-state index contributed by atoms with van der Waals surface area (Å²) in [5, 5.41) is 3.03. The number of amides is 1. The number of piperidine rings is 1. The number of benzene rings is 1. The first-order valence-electron chi connectivity index (χ1n) is 8.99. The lowest BCUT2D eigenvalue weighted by Gasteiger charge is -2.31. The van der Waals surface area contributed by atoms with Gasteiger partial charge in [0.25, 0.3) is 0 Å². The summed E-state index contributed by atoms with van der Waals surface area (Å²) in [6.07, 6.45) is 1.58. The molecule has 3 rings (SSSR count). The van der Waals surface area contributed by atoms with E-state index in [2.05, 4.69) is 20.2 Å². The highest BCUT2D eigenvalue weighted by atomic mass is 16.5. The molecule has 1 saturated heterocycles. The molecule has 0 atom stereocenters. The summed E-state index contributed by atoms with van der Waals surface area (Å²) < 4.78 is 5.35. The molecule has 138 valence electrons. The summed E-state index contributed by atoms with van der Waals surface area (Å²) >= 11 is 0. The fourth-order valence-electron chi connectivity index (χ4n) is 3.34. The molecule has 26 heavy (non-hydrogen) atoms. The fraction of sp³-hybridized carbons (Fsp3) is 0.450. The number of aryl methyl sites for hydroxylation is 3. The maximum Gasteiger partial charge on any atom is 0.227 e. The monoisotopic (exact) mass is 354 g/mol. The van der Waals surface area contributed by atoms with E-state index in [1.807, 2.05) is 45.0 Å². The maximum absolute atomic E-state index is 12.7. The van der Waals surface area contributed by atoms with E-state index in [1.54, 1.807) is 7.11 Å². The van der Waals surface area contributed by atoms with Crippen LogP contribution in [-0.2, 0) is 4.79 Å². The van der Waals surface area contributed by atoms with Gasteiger partial charge in [-0.15, -0.1) is 0 Å². The molecule has 1 aromatic carbocycles. The molecule has 0 bridgehead atoms. The third-order valence-electron chi connectivity index (χ3n) is 4.73. The first-order chi connectivity index (χ1) is 12.5. The Labute approximate surface area is 154 Å². The molecule has 0 saturated carbocycles. The van der Waals surface area contributed by atoms with E-state index in [0.717, 1.165) is 54.5 Å². The zero-order valence-electron chi connectivity index (χ0n) is 15.9. The SMILES string of the molecule is COc1ccc(C)cc1NC(=O)C1CCN(c2nc(C)cc(C)n2)CC1. The molecule has 1 aliphatic rings. The van der Waals surface area contributed by atoms with Gasteiger partial charge in [0.05, 0.1) is 12.8 Å². The lowest BCUT2D eigenvalue weighted by Crippen LogP contribution is -2.39. The molecule has 1 amide bonds. The Morgan fingerprint density at radius 3 is 2.38 bits per heavy atom. The average Bonchev–Trinajstić information content (AvgIpc) is 2.61. The second-order valence-electron chi connectivity index (χ2n) is 6.91. The summed E-state index contributed by atoms with van der Waals surface area (Å²) in [5.41, 5.74) is 3.76. The second kappa shape index (κ2) is 7.72. The van der Waals surface area contributed by atoms with E-state index in [0.29, 0.717) is 5.75 Å².